The molecule has 1 aromatic carbocycles. The van der Waals surface area contributed by atoms with Crippen molar-refractivity contribution in [2.75, 3.05) is 6.61 Å². The Labute approximate surface area is 152 Å². The number of aryl methyl sites for hydroxylation is 1. The van der Waals surface area contributed by atoms with Crippen LogP contribution in [0.5, 0.6) is 0 Å². The molecule has 0 bridgehead atoms. The fourth-order valence-corrected chi connectivity index (χ4v) is 3.42. The number of carbonyl (C=O) groups is 2. The van der Waals surface area contributed by atoms with Crippen LogP contribution in [0.1, 0.15) is 36.4 Å². The molecule has 2 amide bonds. The summed E-state index contributed by atoms with van der Waals surface area (Å²) in [5.74, 6) is -1.15. The van der Waals surface area contributed by atoms with Crippen LogP contribution in [0, 0.1) is 19.8 Å². The van der Waals surface area contributed by atoms with Gasteiger partial charge in [0.1, 0.15) is 6.04 Å². The van der Waals surface area contributed by atoms with Gasteiger partial charge in [0.15, 0.2) is 0 Å². The number of ether oxygens (including phenoxy) is 1. The quantitative estimate of drug-likeness (QED) is 0.849. The van der Waals surface area contributed by atoms with Gasteiger partial charge in [0.25, 0.3) is 0 Å². The van der Waals surface area contributed by atoms with Gasteiger partial charge in [0.2, 0.25) is 11.8 Å². The van der Waals surface area contributed by atoms with E-state index in [0.717, 1.165) is 22.6 Å². The Kier molecular flexibility index (Phi) is 5.08. The Morgan fingerprint density at radius 1 is 1.31 bits per heavy atom. The minimum absolute atomic E-state index is 0.218. The van der Waals surface area contributed by atoms with Crippen molar-refractivity contribution < 1.29 is 14.3 Å². The summed E-state index contributed by atoms with van der Waals surface area (Å²) in [5.41, 5.74) is 8.91. The van der Waals surface area contributed by atoms with Crippen molar-refractivity contribution in [1.82, 2.24) is 15.1 Å². The van der Waals surface area contributed by atoms with E-state index in [4.69, 9.17) is 10.5 Å². The molecule has 7 nitrogen and oxygen atoms in total. The first kappa shape index (κ1) is 18.1. The van der Waals surface area contributed by atoms with Crippen LogP contribution in [0.3, 0.4) is 0 Å². The molecule has 0 aliphatic carbocycles. The Bertz CT molecular complexity index is 816. The van der Waals surface area contributed by atoms with Gasteiger partial charge in [0, 0.05) is 17.9 Å². The maximum atomic E-state index is 12.6. The molecule has 0 unspecified atom stereocenters. The summed E-state index contributed by atoms with van der Waals surface area (Å²) < 4.78 is 7.76. The van der Waals surface area contributed by atoms with E-state index in [1.54, 1.807) is 6.92 Å². The molecule has 0 radical (unpaired) electrons. The second kappa shape index (κ2) is 7.29. The normalized spacial score (nSPS) is 20.7. The largest absolute Gasteiger partial charge is 0.373 e. The van der Waals surface area contributed by atoms with Crippen molar-refractivity contribution in [2.24, 2.45) is 11.7 Å². The molecular weight excluding hydrogens is 332 g/mol. The van der Waals surface area contributed by atoms with E-state index in [9.17, 15) is 9.59 Å². The standard InChI is InChI=1S/C19H24N4O3/c1-11-16(13(3)23(22-11)14-7-5-4-6-8-14)17-15(9-10-26-17)19(25)21-12(2)18(20)24/h4-8,12,15,17H,9-10H2,1-3H3,(H2,20,24)(H,21,25)/t12-,15-,17-/m0/s1. The highest BCUT2D eigenvalue weighted by Crippen LogP contribution is 2.38. The summed E-state index contributed by atoms with van der Waals surface area (Å²) in [7, 11) is 0. The van der Waals surface area contributed by atoms with Crippen molar-refractivity contribution in [3.05, 3.63) is 47.3 Å². The first-order chi connectivity index (χ1) is 12.4. The number of nitrogens with two attached hydrogens (primary N) is 1. The van der Waals surface area contributed by atoms with Gasteiger partial charge in [-0.05, 0) is 39.3 Å². The molecule has 1 fully saturated rings. The molecule has 0 saturated carbocycles. The topological polar surface area (TPSA) is 99.2 Å². The van der Waals surface area contributed by atoms with Gasteiger partial charge in [-0.1, -0.05) is 18.2 Å². The van der Waals surface area contributed by atoms with E-state index in [-0.39, 0.29) is 17.9 Å². The van der Waals surface area contributed by atoms with E-state index in [1.807, 2.05) is 48.9 Å². The molecule has 2 aromatic rings. The van der Waals surface area contributed by atoms with Crippen LogP contribution in [-0.2, 0) is 14.3 Å². The fraction of sp³-hybridized carbons (Fsp3) is 0.421. The number of hydrogen-bond donors (Lipinski definition) is 2. The molecule has 2 heterocycles. The third-order valence-corrected chi connectivity index (χ3v) is 4.85. The highest BCUT2D eigenvalue weighted by Gasteiger charge is 2.39. The van der Waals surface area contributed by atoms with Crippen molar-refractivity contribution >= 4 is 11.8 Å². The maximum absolute atomic E-state index is 12.6. The number of nitrogens with zero attached hydrogens (tertiary/aromatic N) is 2. The molecule has 0 spiro atoms. The molecule has 1 aliphatic rings. The number of rotatable bonds is 5. The molecule has 7 heteroatoms. The molecule has 138 valence electrons. The maximum Gasteiger partial charge on any atom is 0.239 e. The number of carbonyl (C=O) groups excluding carboxylic acids is 2. The summed E-state index contributed by atoms with van der Waals surface area (Å²) >= 11 is 0. The average molecular weight is 356 g/mol. The minimum atomic E-state index is -0.710. The Morgan fingerprint density at radius 2 is 2.00 bits per heavy atom. The zero-order valence-corrected chi connectivity index (χ0v) is 15.2. The lowest BCUT2D eigenvalue weighted by atomic mass is 9.93. The van der Waals surface area contributed by atoms with Crippen LogP contribution in [0.4, 0.5) is 0 Å². The average Bonchev–Trinajstić information content (AvgIpc) is 3.19. The number of benzene rings is 1. The lowest BCUT2D eigenvalue weighted by molar-refractivity contribution is -0.131. The molecular formula is C19H24N4O3. The number of aromatic nitrogens is 2. The Morgan fingerprint density at radius 3 is 2.65 bits per heavy atom. The fourth-order valence-electron chi connectivity index (χ4n) is 3.42. The Balaban J connectivity index is 1.89. The van der Waals surface area contributed by atoms with E-state index < -0.39 is 11.9 Å². The lowest BCUT2D eigenvalue weighted by Crippen LogP contribution is -2.45. The van der Waals surface area contributed by atoms with Crippen molar-refractivity contribution in [3.8, 4) is 5.69 Å². The third-order valence-electron chi connectivity index (χ3n) is 4.85. The highest BCUT2D eigenvalue weighted by molar-refractivity contribution is 5.87. The van der Waals surface area contributed by atoms with Crippen molar-refractivity contribution in [3.63, 3.8) is 0 Å². The number of hydrogen-bond acceptors (Lipinski definition) is 4. The minimum Gasteiger partial charge on any atom is -0.373 e. The van der Waals surface area contributed by atoms with Crippen molar-refractivity contribution in [1.29, 1.82) is 0 Å². The van der Waals surface area contributed by atoms with Crippen LogP contribution >= 0.6 is 0 Å². The van der Waals surface area contributed by atoms with Gasteiger partial charge in [-0.2, -0.15) is 5.10 Å². The highest BCUT2D eigenvalue weighted by atomic mass is 16.5. The first-order valence-corrected chi connectivity index (χ1v) is 8.73. The smallest absolute Gasteiger partial charge is 0.239 e. The summed E-state index contributed by atoms with van der Waals surface area (Å²) in [6.45, 7) is 5.97. The second-order valence-electron chi connectivity index (χ2n) is 6.65. The second-order valence-corrected chi connectivity index (χ2v) is 6.65. The van der Waals surface area contributed by atoms with Gasteiger partial charge in [0.05, 0.1) is 23.4 Å². The van der Waals surface area contributed by atoms with Crippen LogP contribution in [0.15, 0.2) is 30.3 Å². The van der Waals surface area contributed by atoms with E-state index >= 15 is 0 Å². The zero-order valence-electron chi connectivity index (χ0n) is 15.2. The van der Waals surface area contributed by atoms with Crippen LogP contribution < -0.4 is 11.1 Å². The number of nitrogens with one attached hydrogen (secondary N) is 1. The third kappa shape index (κ3) is 3.35. The van der Waals surface area contributed by atoms with Crippen molar-refractivity contribution in [2.45, 2.75) is 39.3 Å². The predicted octanol–water partition coefficient (Wildman–Crippen LogP) is 1.56. The summed E-state index contributed by atoms with van der Waals surface area (Å²) in [6.07, 6.45) is 0.213. The summed E-state index contributed by atoms with van der Waals surface area (Å²) in [6, 6.07) is 9.13. The van der Waals surface area contributed by atoms with Crippen LogP contribution in [0.25, 0.3) is 5.69 Å². The Hall–Kier alpha value is -2.67. The van der Waals surface area contributed by atoms with Gasteiger partial charge < -0.3 is 15.8 Å². The molecule has 1 aromatic heterocycles. The molecule has 26 heavy (non-hydrogen) atoms. The predicted molar refractivity (Wildman–Crippen MR) is 96.6 cm³/mol. The molecule has 3 atom stereocenters. The summed E-state index contributed by atoms with van der Waals surface area (Å²) in [4.78, 5) is 23.8. The number of primary amides is 1. The van der Waals surface area contributed by atoms with Crippen LogP contribution in [0.2, 0.25) is 0 Å². The molecule has 3 N–H and O–H groups in total. The van der Waals surface area contributed by atoms with Gasteiger partial charge in [-0.25, -0.2) is 4.68 Å². The number of para-hydroxylation sites is 1. The van der Waals surface area contributed by atoms with Crippen LogP contribution in [-0.4, -0.2) is 34.2 Å². The van der Waals surface area contributed by atoms with E-state index in [2.05, 4.69) is 10.4 Å². The SMILES string of the molecule is Cc1nn(-c2ccccc2)c(C)c1[C@H]1OCC[C@@H]1C(=O)N[C@@H](C)C(N)=O. The van der Waals surface area contributed by atoms with Gasteiger partial charge in [-0.15, -0.1) is 0 Å². The summed E-state index contributed by atoms with van der Waals surface area (Å²) in [5, 5.41) is 7.32. The van der Waals surface area contributed by atoms with E-state index in [0.29, 0.717) is 13.0 Å². The molecule has 1 aliphatic heterocycles. The van der Waals surface area contributed by atoms with Gasteiger partial charge >= 0.3 is 0 Å². The molecule has 1 saturated heterocycles. The first-order valence-electron chi connectivity index (χ1n) is 8.73. The monoisotopic (exact) mass is 356 g/mol. The van der Waals surface area contributed by atoms with E-state index in [1.165, 1.54) is 0 Å². The zero-order chi connectivity index (χ0) is 18.8. The lowest BCUT2D eigenvalue weighted by Gasteiger charge is -2.20. The number of amides is 2. The van der Waals surface area contributed by atoms with Gasteiger partial charge in [-0.3, -0.25) is 9.59 Å². The molecule has 3 rings (SSSR count).